The quantitative estimate of drug-likeness (QED) is 0.666. The molecule has 6 nitrogen and oxygen atoms in total. The summed E-state index contributed by atoms with van der Waals surface area (Å²) in [6.45, 7) is 7.52. The highest BCUT2D eigenvalue weighted by Crippen LogP contribution is 2.23. The van der Waals surface area contributed by atoms with Gasteiger partial charge in [-0.1, -0.05) is 17.7 Å². The number of anilines is 1. The van der Waals surface area contributed by atoms with Gasteiger partial charge in [-0.2, -0.15) is 0 Å². The minimum Gasteiger partial charge on any atom is -0.481 e. The lowest BCUT2D eigenvalue weighted by molar-refractivity contribution is -0.384. The number of non-ortho nitro benzene ring substituents is 1. The number of nitro benzene ring substituents is 1. The molecule has 24 heavy (non-hydrogen) atoms. The first kappa shape index (κ1) is 17.5. The molecule has 0 saturated heterocycles. The Morgan fingerprint density at radius 2 is 1.67 bits per heavy atom. The number of amides is 1. The van der Waals surface area contributed by atoms with Crippen LogP contribution in [0.1, 0.15) is 23.6 Å². The van der Waals surface area contributed by atoms with Gasteiger partial charge in [0.1, 0.15) is 5.75 Å². The molecule has 6 heteroatoms. The average Bonchev–Trinajstić information content (AvgIpc) is 2.51. The fraction of sp³-hybridized carbons (Fsp3) is 0.278. The first-order valence-corrected chi connectivity index (χ1v) is 7.57. The minimum atomic E-state index is -0.730. The van der Waals surface area contributed by atoms with Crippen molar-refractivity contribution in [3.05, 3.63) is 63.2 Å². The summed E-state index contributed by atoms with van der Waals surface area (Å²) in [5.41, 5.74) is 3.88. The van der Waals surface area contributed by atoms with Crippen LogP contribution in [0.4, 0.5) is 11.4 Å². The normalized spacial score (nSPS) is 11.7. The highest BCUT2D eigenvalue weighted by atomic mass is 16.6. The SMILES string of the molecule is Cc1cc(C)c(NC(=O)C(C)Oc2ccc([N+](=O)[O-])cc2)c(C)c1. The second-order valence-corrected chi connectivity index (χ2v) is 5.77. The summed E-state index contributed by atoms with van der Waals surface area (Å²) in [6.07, 6.45) is -0.730. The molecule has 2 rings (SSSR count). The van der Waals surface area contributed by atoms with Crippen molar-refractivity contribution in [2.45, 2.75) is 33.8 Å². The number of hydrogen-bond donors (Lipinski definition) is 1. The molecule has 0 radical (unpaired) electrons. The van der Waals surface area contributed by atoms with Gasteiger partial charge in [0.05, 0.1) is 4.92 Å². The van der Waals surface area contributed by atoms with Crippen molar-refractivity contribution < 1.29 is 14.5 Å². The third kappa shape index (κ3) is 4.10. The number of carbonyl (C=O) groups excluding carboxylic acids is 1. The number of rotatable bonds is 5. The molecule has 1 N–H and O–H groups in total. The Morgan fingerprint density at radius 1 is 1.12 bits per heavy atom. The van der Waals surface area contributed by atoms with Crippen molar-refractivity contribution in [3.63, 3.8) is 0 Å². The van der Waals surface area contributed by atoms with E-state index in [0.717, 1.165) is 22.4 Å². The molecule has 0 bridgehead atoms. The van der Waals surface area contributed by atoms with E-state index in [-0.39, 0.29) is 11.6 Å². The maximum absolute atomic E-state index is 12.3. The highest BCUT2D eigenvalue weighted by Gasteiger charge is 2.17. The molecule has 2 aromatic carbocycles. The van der Waals surface area contributed by atoms with Crippen LogP contribution in [0.2, 0.25) is 0 Å². The van der Waals surface area contributed by atoms with Gasteiger partial charge in [0.2, 0.25) is 0 Å². The number of aryl methyl sites for hydroxylation is 3. The Morgan fingerprint density at radius 3 is 2.17 bits per heavy atom. The molecule has 1 amide bonds. The van der Waals surface area contributed by atoms with Crippen LogP contribution in [0.25, 0.3) is 0 Å². The number of carbonyl (C=O) groups is 1. The molecule has 1 unspecified atom stereocenters. The Hall–Kier alpha value is -2.89. The summed E-state index contributed by atoms with van der Waals surface area (Å²) < 4.78 is 5.55. The van der Waals surface area contributed by atoms with E-state index in [1.54, 1.807) is 6.92 Å². The highest BCUT2D eigenvalue weighted by molar-refractivity contribution is 5.95. The second kappa shape index (κ2) is 7.12. The fourth-order valence-corrected chi connectivity index (χ4v) is 2.51. The van der Waals surface area contributed by atoms with Crippen LogP contribution in [0.3, 0.4) is 0 Å². The van der Waals surface area contributed by atoms with Gasteiger partial charge in [0, 0.05) is 17.8 Å². The summed E-state index contributed by atoms with van der Waals surface area (Å²) in [4.78, 5) is 22.5. The second-order valence-electron chi connectivity index (χ2n) is 5.77. The smallest absolute Gasteiger partial charge is 0.269 e. The largest absolute Gasteiger partial charge is 0.481 e. The number of nitro groups is 1. The van der Waals surface area contributed by atoms with Gasteiger partial charge >= 0.3 is 0 Å². The maximum Gasteiger partial charge on any atom is 0.269 e. The minimum absolute atomic E-state index is 0.0228. The first-order chi connectivity index (χ1) is 11.3. The summed E-state index contributed by atoms with van der Waals surface area (Å²) in [5, 5.41) is 13.5. The number of ether oxygens (including phenoxy) is 1. The summed E-state index contributed by atoms with van der Waals surface area (Å²) in [5.74, 6) is 0.129. The van der Waals surface area contributed by atoms with Gasteiger partial charge in [-0.05, 0) is 51.0 Å². The van der Waals surface area contributed by atoms with Gasteiger partial charge in [-0.15, -0.1) is 0 Å². The Labute approximate surface area is 140 Å². The predicted octanol–water partition coefficient (Wildman–Crippen LogP) is 3.93. The van der Waals surface area contributed by atoms with Crippen molar-refractivity contribution >= 4 is 17.3 Å². The van der Waals surface area contributed by atoms with Crippen LogP contribution in [-0.4, -0.2) is 16.9 Å². The molecule has 2 aromatic rings. The number of nitrogens with one attached hydrogen (secondary N) is 1. The van der Waals surface area contributed by atoms with Crippen molar-refractivity contribution in [2.24, 2.45) is 0 Å². The number of nitrogens with zero attached hydrogens (tertiary/aromatic N) is 1. The fourth-order valence-electron chi connectivity index (χ4n) is 2.51. The average molecular weight is 328 g/mol. The van der Waals surface area contributed by atoms with E-state index in [0.29, 0.717) is 5.75 Å². The van der Waals surface area contributed by atoms with Crippen LogP contribution >= 0.6 is 0 Å². The molecule has 126 valence electrons. The maximum atomic E-state index is 12.3. The van der Waals surface area contributed by atoms with Gasteiger partial charge in [-0.25, -0.2) is 0 Å². The lowest BCUT2D eigenvalue weighted by atomic mass is 10.0. The Bertz CT molecular complexity index is 746. The monoisotopic (exact) mass is 328 g/mol. The van der Waals surface area contributed by atoms with Gasteiger partial charge in [0.15, 0.2) is 6.10 Å². The lowest BCUT2D eigenvalue weighted by Crippen LogP contribution is -2.30. The third-order valence-electron chi connectivity index (χ3n) is 3.65. The van der Waals surface area contributed by atoms with Crippen LogP contribution in [0.5, 0.6) is 5.75 Å². The molecule has 0 aliphatic heterocycles. The summed E-state index contributed by atoms with van der Waals surface area (Å²) >= 11 is 0. The molecule has 0 aliphatic carbocycles. The molecule has 0 fully saturated rings. The lowest BCUT2D eigenvalue weighted by Gasteiger charge is -2.17. The van der Waals surface area contributed by atoms with E-state index in [4.69, 9.17) is 4.74 Å². The van der Waals surface area contributed by atoms with Crippen molar-refractivity contribution in [2.75, 3.05) is 5.32 Å². The van der Waals surface area contributed by atoms with E-state index in [2.05, 4.69) is 5.32 Å². The van der Waals surface area contributed by atoms with Crippen molar-refractivity contribution in [1.29, 1.82) is 0 Å². The van der Waals surface area contributed by atoms with Crippen LogP contribution in [-0.2, 0) is 4.79 Å². The van der Waals surface area contributed by atoms with E-state index in [9.17, 15) is 14.9 Å². The number of hydrogen-bond acceptors (Lipinski definition) is 4. The molecule has 0 spiro atoms. The van der Waals surface area contributed by atoms with Gasteiger partial charge in [0.25, 0.3) is 11.6 Å². The van der Waals surface area contributed by atoms with Gasteiger partial charge in [-0.3, -0.25) is 14.9 Å². The standard InChI is InChI=1S/C18H20N2O4/c1-11-9-12(2)17(13(3)10-11)19-18(21)14(4)24-16-7-5-15(6-8-16)20(22)23/h5-10,14H,1-4H3,(H,19,21). The molecular weight excluding hydrogens is 308 g/mol. The summed E-state index contributed by atoms with van der Waals surface area (Å²) in [6, 6.07) is 9.64. The third-order valence-corrected chi connectivity index (χ3v) is 3.65. The molecule has 0 aliphatic rings. The zero-order valence-corrected chi connectivity index (χ0v) is 14.1. The van der Waals surface area contributed by atoms with E-state index < -0.39 is 11.0 Å². The molecule has 0 heterocycles. The molecule has 0 aromatic heterocycles. The van der Waals surface area contributed by atoms with Crippen LogP contribution < -0.4 is 10.1 Å². The van der Waals surface area contributed by atoms with E-state index >= 15 is 0 Å². The molecule has 0 saturated carbocycles. The zero-order chi connectivity index (χ0) is 17.9. The van der Waals surface area contributed by atoms with Crippen LogP contribution in [0.15, 0.2) is 36.4 Å². The van der Waals surface area contributed by atoms with Crippen LogP contribution in [0, 0.1) is 30.9 Å². The Balaban J connectivity index is 2.06. The summed E-state index contributed by atoms with van der Waals surface area (Å²) in [7, 11) is 0. The molecular formula is C18H20N2O4. The Kier molecular flexibility index (Phi) is 5.18. The van der Waals surface area contributed by atoms with Gasteiger partial charge < -0.3 is 10.1 Å². The van der Waals surface area contributed by atoms with Crippen molar-refractivity contribution in [3.8, 4) is 5.75 Å². The van der Waals surface area contributed by atoms with E-state index in [1.165, 1.54) is 24.3 Å². The predicted molar refractivity (Wildman–Crippen MR) is 92.5 cm³/mol. The number of benzene rings is 2. The van der Waals surface area contributed by atoms with Crippen molar-refractivity contribution in [1.82, 2.24) is 0 Å². The topological polar surface area (TPSA) is 81.5 Å². The first-order valence-electron chi connectivity index (χ1n) is 7.57. The van der Waals surface area contributed by atoms with E-state index in [1.807, 2.05) is 32.9 Å². The zero-order valence-electron chi connectivity index (χ0n) is 14.1. The molecule has 1 atom stereocenters.